The van der Waals surface area contributed by atoms with Crippen molar-refractivity contribution in [3.63, 3.8) is 0 Å². The molecule has 3 rings (SSSR count). The van der Waals surface area contributed by atoms with Crippen LogP contribution in [0.4, 0.5) is 0 Å². The predicted octanol–water partition coefficient (Wildman–Crippen LogP) is 1.36. The highest BCUT2D eigenvalue weighted by Gasteiger charge is 2.26. The third-order valence-corrected chi connectivity index (χ3v) is 5.22. The Morgan fingerprint density at radius 2 is 1.76 bits per heavy atom. The van der Waals surface area contributed by atoms with E-state index in [0.29, 0.717) is 18.6 Å². The van der Waals surface area contributed by atoms with Gasteiger partial charge in [0.2, 0.25) is 0 Å². The number of piperidine rings is 1. The number of amides is 2. The molecule has 6 nitrogen and oxygen atoms in total. The van der Waals surface area contributed by atoms with E-state index in [-0.39, 0.29) is 11.8 Å². The summed E-state index contributed by atoms with van der Waals surface area (Å²) in [5.41, 5.74) is 1.54. The van der Waals surface area contributed by atoms with Crippen molar-refractivity contribution in [3.05, 3.63) is 23.5 Å². The number of hydrogen-bond donors (Lipinski definition) is 2. The number of carbonyl (C=O) groups excluding carboxylic acids is 2. The summed E-state index contributed by atoms with van der Waals surface area (Å²) in [4.78, 5) is 26.9. The Labute approximate surface area is 150 Å². The van der Waals surface area contributed by atoms with Crippen LogP contribution in [0.25, 0.3) is 0 Å². The van der Waals surface area contributed by atoms with Gasteiger partial charge in [-0.1, -0.05) is 0 Å². The molecule has 1 aliphatic carbocycles. The first kappa shape index (κ1) is 18.0. The molecule has 1 saturated carbocycles. The van der Waals surface area contributed by atoms with Gasteiger partial charge in [0.15, 0.2) is 0 Å². The number of imide groups is 1. The average molecular weight is 346 g/mol. The lowest BCUT2D eigenvalue weighted by Gasteiger charge is -2.35. The monoisotopic (exact) mass is 346 g/mol. The summed E-state index contributed by atoms with van der Waals surface area (Å²) in [7, 11) is 0. The Morgan fingerprint density at radius 3 is 2.28 bits per heavy atom. The first-order valence-corrected chi connectivity index (χ1v) is 9.54. The number of rotatable bonds is 7. The minimum atomic E-state index is -0.182. The van der Waals surface area contributed by atoms with Crippen LogP contribution in [-0.2, 0) is 9.59 Å². The van der Waals surface area contributed by atoms with E-state index in [1.165, 1.54) is 47.7 Å². The van der Waals surface area contributed by atoms with Crippen LogP contribution >= 0.6 is 0 Å². The zero-order valence-corrected chi connectivity index (χ0v) is 15.4. The van der Waals surface area contributed by atoms with Crippen LogP contribution in [0.5, 0.6) is 0 Å². The van der Waals surface area contributed by atoms with Crippen molar-refractivity contribution in [3.8, 4) is 0 Å². The highest BCUT2D eigenvalue weighted by Crippen LogP contribution is 2.27. The SMILES string of the molecule is CC(C)NC(NC1CCN(CCN2C(=O)C=CC2=O)CC1)=C1CCC1. The maximum atomic E-state index is 11.6. The largest absolute Gasteiger partial charge is 0.370 e. The van der Waals surface area contributed by atoms with Crippen molar-refractivity contribution >= 4 is 11.8 Å². The molecule has 2 aliphatic heterocycles. The first-order chi connectivity index (χ1) is 12.0. The lowest BCUT2D eigenvalue weighted by atomic mass is 9.91. The first-order valence-electron chi connectivity index (χ1n) is 9.54. The molecule has 0 aromatic rings. The summed E-state index contributed by atoms with van der Waals surface area (Å²) in [6, 6.07) is 0.946. The second-order valence-corrected chi connectivity index (χ2v) is 7.55. The summed E-state index contributed by atoms with van der Waals surface area (Å²) < 4.78 is 0. The molecule has 2 amide bonds. The summed E-state index contributed by atoms with van der Waals surface area (Å²) in [6.07, 6.45) is 8.64. The van der Waals surface area contributed by atoms with Gasteiger partial charge in [0.05, 0.1) is 5.82 Å². The van der Waals surface area contributed by atoms with Crippen LogP contribution < -0.4 is 10.6 Å². The fraction of sp³-hybridized carbons (Fsp3) is 0.684. The number of likely N-dealkylation sites (tertiary alicyclic amines) is 1. The fourth-order valence-electron chi connectivity index (χ4n) is 3.54. The highest BCUT2D eigenvalue weighted by atomic mass is 16.2. The molecule has 0 aromatic carbocycles. The maximum Gasteiger partial charge on any atom is 0.253 e. The zero-order chi connectivity index (χ0) is 17.8. The minimum Gasteiger partial charge on any atom is -0.370 e. The predicted molar refractivity (Wildman–Crippen MR) is 97.6 cm³/mol. The maximum absolute atomic E-state index is 11.6. The van der Waals surface area contributed by atoms with Gasteiger partial charge in [0, 0.05) is 50.4 Å². The molecule has 25 heavy (non-hydrogen) atoms. The van der Waals surface area contributed by atoms with Crippen molar-refractivity contribution < 1.29 is 9.59 Å². The highest BCUT2D eigenvalue weighted by molar-refractivity contribution is 6.12. The molecule has 0 spiro atoms. The molecule has 0 bridgehead atoms. The van der Waals surface area contributed by atoms with E-state index in [1.807, 2.05) is 0 Å². The van der Waals surface area contributed by atoms with E-state index >= 15 is 0 Å². The number of nitrogens with one attached hydrogen (secondary N) is 2. The molecule has 0 aromatic heterocycles. The fourth-order valence-corrected chi connectivity index (χ4v) is 3.54. The Bertz CT molecular complexity index is 550. The lowest BCUT2D eigenvalue weighted by Crippen LogP contribution is -2.47. The Kier molecular flexibility index (Phi) is 5.78. The van der Waals surface area contributed by atoms with E-state index in [0.717, 1.165) is 32.5 Å². The van der Waals surface area contributed by atoms with Crippen LogP contribution in [0, 0.1) is 0 Å². The number of carbonyl (C=O) groups is 2. The quantitative estimate of drug-likeness (QED) is 0.682. The van der Waals surface area contributed by atoms with Crippen molar-refractivity contribution in [2.75, 3.05) is 26.2 Å². The molecular formula is C19H30N4O2. The third-order valence-electron chi connectivity index (χ3n) is 5.22. The summed E-state index contributed by atoms with van der Waals surface area (Å²) >= 11 is 0. The van der Waals surface area contributed by atoms with Gasteiger partial charge in [0.1, 0.15) is 0 Å². The second kappa shape index (κ2) is 8.04. The molecule has 6 heteroatoms. The normalized spacial score (nSPS) is 21.9. The summed E-state index contributed by atoms with van der Waals surface area (Å²) in [5, 5.41) is 7.31. The molecule has 0 radical (unpaired) electrons. The van der Waals surface area contributed by atoms with Crippen molar-refractivity contribution in [1.82, 2.24) is 20.4 Å². The summed E-state index contributed by atoms with van der Waals surface area (Å²) in [5.74, 6) is 0.898. The van der Waals surface area contributed by atoms with Gasteiger partial charge in [-0.05, 0) is 51.5 Å². The van der Waals surface area contributed by atoms with E-state index in [9.17, 15) is 9.59 Å². The van der Waals surface area contributed by atoms with E-state index in [4.69, 9.17) is 0 Å². The van der Waals surface area contributed by atoms with Gasteiger partial charge in [-0.3, -0.25) is 14.5 Å². The van der Waals surface area contributed by atoms with Gasteiger partial charge >= 0.3 is 0 Å². The molecule has 0 atom stereocenters. The molecule has 138 valence electrons. The zero-order valence-electron chi connectivity index (χ0n) is 15.4. The third kappa shape index (κ3) is 4.63. The second-order valence-electron chi connectivity index (χ2n) is 7.55. The van der Waals surface area contributed by atoms with E-state index in [2.05, 4.69) is 29.4 Å². The van der Waals surface area contributed by atoms with Gasteiger partial charge < -0.3 is 15.5 Å². The van der Waals surface area contributed by atoms with Crippen molar-refractivity contribution in [1.29, 1.82) is 0 Å². The van der Waals surface area contributed by atoms with Crippen LogP contribution in [-0.4, -0.2) is 59.9 Å². The standard InChI is InChI=1S/C19H30N4O2/c1-14(2)20-19(15-4-3-5-15)21-16-8-10-22(11-9-16)12-13-23-17(24)6-7-18(23)25/h6-7,14,16,20-21H,3-5,8-13H2,1-2H3. The Balaban J connectivity index is 1.42. The van der Waals surface area contributed by atoms with Gasteiger partial charge in [-0.25, -0.2) is 0 Å². The molecular weight excluding hydrogens is 316 g/mol. The molecule has 1 saturated heterocycles. The van der Waals surface area contributed by atoms with Crippen molar-refractivity contribution in [2.45, 2.75) is 58.0 Å². The summed E-state index contributed by atoms with van der Waals surface area (Å²) in [6.45, 7) is 7.63. The number of nitrogens with zero attached hydrogens (tertiary/aromatic N) is 2. The molecule has 0 unspecified atom stereocenters. The molecule has 2 fully saturated rings. The molecule has 2 N–H and O–H groups in total. The van der Waals surface area contributed by atoms with Crippen LogP contribution in [0.3, 0.4) is 0 Å². The van der Waals surface area contributed by atoms with Gasteiger partial charge in [0.25, 0.3) is 11.8 Å². The van der Waals surface area contributed by atoms with Gasteiger partial charge in [-0.2, -0.15) is 0 Å². The Hall–Kier alpha value is -1.82. The molecule has 3 aliphatic rings. The van der Waals surface area contributed by atoms with E-state index in [1.54, 1.807) is 0 Å². The Morgan fingerprint density at radius 1 is 1.12 bits per heavy atom. The minimum absolute atomic E-state index is 0.182. The average Bonchev–Trinajstić information content (AvgIpc) is 2.83. The smallest absolute Gasteiger partial charge is 0.253 e. The number of allylic oxidation sites excluding steroid dienone is 1. The lowest BCUT2D eigenvalue weighted by molar-refractivity contribution is -0.137. The molecule has 2 heterocycles. The topological polar surface area (TPSA) is 64.7 Å². The number of hydrogen-bond acceptors (Lipinski definition) is 5. The van der Waals surface area contributed by atoms with Crippen LogP contribution in [0.2, 0.25) is 0 Å². The van der Waals surface area contributed by atoms with Crippen LogP contribution in [0.15, 0.2) is 23.5 Å². The van der Waals surface area contributed by atoms with Gasteiger partial charge in [-0.15, -0.1) is 0 Å². The van der Waals surface area contributed by atoms with E-state index < -0.39 is 0 Å². The van der Waals surface area contributed by atoms with Crippen molar-refractivity contribution in [2.24, 2.45) is 0 Å². The van der Waals surface area contributed by atoms with Crippen LogP contribution in [0.1, 0.15) is 46.0 Å².